The van der Waals surface area contributed by atoms with Crippen molar-refractivity contribution in [3.05, 3.63) is 24.0 Å². The maximum atomic E-state index is 8.62. The van der Waals surface area contributed by atoms with E-state index in [-0.39, 0.29) is 7.48 Å². The molecule has 1 heterocycles. The van der Waals surface area contributed by atoms with Gasteiger partial charge in [0.15, 0.2) is 0 Å². The molecule has 0 amide bonds. The first-order valence-electron chi connectivity index (χ1n) is 2.84. The second kappa shape index (κ2) is 2.64. The Bertz CT molecular complexity index is 202. The average molecular weight is 121 g/mol. The fraction of sp³-hybridized carbons (Fsp3) is 0.167. The maximum Gasteiger partial charge on any atom is 0.306 e. The van der Waals surface area contributed by atoms with Crippen molar-refractivity contribution in [1.29, 1.82) is 0 Å². The van der Waals surface area contributed by atoms with Crippen molar-refractivity contribution in [3.8, 4) is 0 Å². The van der Waals surface area contributed by atoms with Crippen LogP contribution in [0.5, 0.6) is 0 Å². The number of hydrogen-bond acceptors (Lipinski definition) is 2. The smallest absolute Gasteiger partial charge is 0.306 e. The summed E-state index contributed by atoms with van der Waals surface area (Å²) < 4.78 is 0. The van der Waals surface area contributed by atoms with Crippen molar-refractivity contribution in [2.75, 3.05) is 0 Å². The molecule has 1 aromatic heterocycles. The van der Waals surface area contributed by atoms with E-state index >= 15 is 0 Å². The third-order valence-corrected chi connectivity index (χ3v) is 1.11. The molecule has 1 rings (SSSR count). The van der Waals surface area contributed by atoms with Gasteiger partial charge < -0.3 is 5.02 Å². The van der Waals surface area contributed by atoms with E-state index in [1.54, 1.807) is 12.4 Å². The molecule has 0 aromatic carbocycles. The van der Waals surface area contributed by atoms with Gasteiger partial charge in [0.05, 0.1) is 0 Å². The molecule has 0 fully saturated rings. The quantitative estimate of drug-likeness (QED) is 0.501. The molecule has 0 unspecified atom stereocenters. The molecule has 0 saturated carbocycles. The highest BCUT2D eigenvalue weighted by atomic mass is 16.2. The lowest BCUT2D eigenvalue weighted by Gasteiger charge is -1.92. The topological polar surface area (TPSA) is 33.1 Å². The predicted molar refractivity (Wildman–Crippen MR) is 38.0 cm³/mol. The summed E-state index contributed by atoms with van der Waals surface area (Å²) in [6.45, 7) is 1.95. The largest absolute Gasteiger partial charge is 0.449 e. The average Bonchev–Trinajstić information content (AvgIpc) is 1.88. The second-order valence-electron chi connectivity index (χ2n) is 2.03. The van der Waals surface area contributed by atoms with E-state index in [2.05, 4.69) is 4.98 Å². The fourth-order valence-electron chi connectivity index (χ4n) is 0.704. The minimum absolute atomic E-state index is 0.0781. The van der Waals surface area contributed by atoms with Gasteiger partial charge in [-0.1, -0.05) is 6.07 Å². The van der Waals surface area contributed by atoms with E-state index in [0.717, 1.165) is 11.0 Å². The van der Waals surface area contributed by atoms with Gasteiger partial charge in [0.2, 0.25) is 0 Å². The van der Waals surface area contributed by atoms with Crippen LogP contribution >= 0.6 is 0 Å². The lowest BCUT2D eigenvalue weighted by molar-refractivity contribution is 0.615. The first kappa shape index (κ1) is 6.30. The van der Waals surface area contributed by atoms with Crippen molar-refractivity contribution in [3.63, 3.8) is 0 Å². The van der Waals surface area contributed by atoms with Gasteiger partial charge in [0, 0.05) is 12.4 Å². The van der Waals surface area contributed by atoms with Gasteiger partial charge >= 0.3 is 7.48 Å². The van der Waals surface area contributed by atoms with Crippen LogP contribution in [0, 0.1) is 6.92 Å². The Morgan fingerprint density at radius 1 is 1.56 bits per heavy atom. The van der Waals surface area contributed by atoms with E-state index in [0.29, 0.717) is 0 Å². The molecule has 0 aliphatic carbocycles. The third-order valence-electron chi connectivity index (χ3n) is 1.11. The Morgan fingerprint density at radius 3 is 2.78 bits per heavy atom. The van der Waals surface area contributed by atoms with Gasteiger partial charge in [-0.15, -0.1) is 0 Å². The number of hydrogen-bond donors (Lipinski definition) is 1. The van der Waals surface area contributed by atoms with Crippen LogP contribution < -0.4 is 5.46 Å². The Morgan fingerprint density at radius 2 is 2.33 bits per heavy atom. The standard InChI is InChI=1S/C6H8BNO/c1-5-2-6(7-9)4-8-3-5/h2-4,7,9H,1H3. The van der Waals surface area contributed by atoms with Gasteiger partial charge in [0.25, 0.3) is 0 Å². The predicted octanol–water partition coefficient (Wildman–Crippen LogP) is -0.641. The zero-order valence-corrected chi connectivity index (χ0v) is 5.33. The molecule has 2 nitrogen and oxygen atoms in total. The van der Waals surface area contributed by atoms with Gasteiger partial charge in [-0.25, -0.2) is 0 Å². The van der Waals surface area contributed by atoms with Crippen molar-refractivity contribution >= 4 is 12.9 Å². The minimum atomic E-state index is 0.0781. The summed E-state index contributed by atoms with van der Waals surface area (Å²) in [7, 11) is 0.0781. The molecule has 46 valence electrons. The van der Waals surface area contributed by atoms with E-state index < -0.39 is 0 Å². The maximum absolute atomic E-state index is 8.62. The number of nitrogens with zero attached hydrogens (tertiary/aromatic N) is 1. The third kappa shape index (κ3) is 1.54. The molecule has 1 N–H and O–H groups in total. The number of aryl methyl sites for hydroxylation is 1. The zero-order chi connectivity index (χ0) is 6.69. The molecule has 1 aromatic rings. The van der Waals surface area contributed by atoms with Crippen molar-refractivity contribution < 1.29 is 5.02 Å². The highest BCUT2D eigenvalue weighted by molar-refractivity contribution is 6.45. The van der Waals surface area contributed by atoms with E-state index in [4.69, 9.17) is 5.02 Å². The number of aromatic nitrogens is 1. The number of rotatable bonds is 1. The summed E-state index contributed by atoms with van der Waals surface area (Å²) in [5.74, 6) is 0. The first-order chi connectivity index (χ1) is 4.33. The Labute approximate surface area is 54.8 Å². The van der Waals surface area contributed by atoms with Crippen LogP contribution in [-0.2, 0) is 0 Å². The molecule has 0 saturated heterocycles. The molecular weight excluding hydrogens is 113 g/mol. The second-order valence-corrected chi connectivity index (χ2v) is 2.03. The van der Waals surface area contributed by atoms with E-state index in [1.807, 2.05) is 13.0 Å². The molecule has 3 heteroatoms. The SMILES string of the molecule is Cc1cncc(BO)c1. The van der Waals surface area contributed by atoms with Crippen molar-refractivity contribution in [2.45, 2.75) is 6.92 Å². The van der Waals surface area contributed by atoms with Gasteiger partial charge in [0.1, 0.15) is 0 Å². The minimum Gasteiger partial charge on any atom is -0.449 e. The molecule has 9 heavy (non-hydrogen) atoms. The van der Waals surface area contributed by atoms with Crippen LogP contribution in [0.1, 0.15) is 5.56 Å². The molecule has 0 aliphatic heterocycles. The monoisotopic (exact) mass is 121 g/mol. The Kier molecular flexibility index (Phi) is 1.85. The highest BCUT2D eigenvalue weighted by Gasteiger charge is 1.90. The summed E-state index contributed by atoms with van der Waals surface area (Å²) in [5.41, 5.74) is 1.96. The highest BCUT2D eigenvalue weighted by Crippen LogP contribution is 1.86. The van der Waals surface area contributed by atoms with Gasteiger partial charge in [-0.3, -0.25) is 4.98 Å². The lowest BCUT2D eigenvalue weighted by atomic mass is 9.90. The summed E-state index contributed by atoms with van der Waals surface area (Å²) >= 11 is 0. The van der Waals surface area contributed by atoms with Gasteiger partial charge in [-0.05, 0) is 17.9 Å². The molecule has 0 bridgehead atoms. The van der Waals surface area contributed by atoms with Crippen LogP contribution in [-0.4, -0.2) is 17.5 Å². The normalized spacial score (nSPS) is 9.11. The fourth-order valence-corrected chi connectivity index (χ4v) is 0.704. The van der Waals surface area contributed by atoms with Crippen LogP contribution in [0.15, 0.2) is 18.5 Å². The summed E-state index contributed by atoms with van der Waals surface area (Å²) in [6, 6.07) is 1.91. The van der Waals surface area contributed by atoms with Crippen LogP contribution in [0.2, 0.25) is 0 Å². The van der Waals surface area contributed by atoms with Gasteiger partial charge in [-0.2, -0.15) is 0 Å². The van der Waals surface area contributed by atoms with E-state index in [1.165, 1.54) is 0 Å². The lowest BCUT2D eigenvalue weighted by Crippen LogP contribution is -2.13. The molecule has 0 radical (unpaired) electrons. The molecule has 0 aliphatic rings. The van der Waals surface area contributed by atoms with Crippen LogP contribution in [0.3, 0.4) is 0 Å². The van der Waals surface area contributed by atoms with Crippen molar-refractivity contribution in [1.82, 2.24) is 4.98 Å². The van der Waals surface area contributed by atoms with Crippen LogP contribution in [0.4, 0.5) is 0 Å². The zero-order valence-electron chi connectivity index (χ0n) is 5.33. The summed E-state index contributed by atoms with van der Waals surface area (Å²) in [5, 5.41) is 8.62. The van der Waals surface area contributed by atoms with Crippen molar-refractivity contribution in [2.24, 2.45) is 0 Å². The Balaban J connectivity index is 2.94. The molecule has 0 spiro atoms. The first-order valence-corrected chi connectivity index (χ1v) is 2.84. The van der Waals surface area contributed by atoms with Crippen LogP contribution in [0.25, 0.3) is 0 Å². The molecular formula is C6H8BNO. The Hall–Kier alpha value is -0.825. The molecule has 0 atom stereocenters. The summed E-state index contributed by atoms with van der Waals surface area (Å²) in [4.78, 5) is 3.90. The van der Waals surface area contributed by atoms with E-state index in [9.17, 15) is 0 Å². The summed E-state index contributed by atoms with van der Waals surface area (Å²) in [6.07, 6.45) is 3.42. The number of pyridine rings is 1.